The van der Waals surface area contributed by atoms with Crippen LogP contribution in [0, 0.1) is 76.4 Å². The molecule has 11 heteroatoms. The molecule has 0 radical (unpaired) electrons. The standard InChI is InChI=1S/C8H11.2C6F5.Pt/c1-2-4-6-8-7-5-3-1;2*7-2-1-3(8)5(10)6(11)4(2)9;/h1-2,7H,3-6H2;;;/q3*-1;. The van der Waals surface area contributed by atoms with E-state index in [2.05, 4.69) is 24.3 Å². The van der Waals surface area contributed by atoms with Gasteiger partial charge >= 0.3 is 0 Å². The fourth-order valence-corrected chi connectivity index (χ4v) is 1.78. The van der Waals surface area contributed by atoms with Crippen LogP contribution in [0.15, 0.2) is 18.2 Å². The monoisotopic (exact) mass is 636 g/mol. The van der Waals surface area contributed by atoms with Crippen LogP contribution < -0.4 is 0 Å². The molecule has 1 aliphatic carbocycles. The van der Waals surface area contributed by atoms with E-state index in [1.54, 1.807) is 0 Å². The molecule has 0 unspecified atom stereocenters. The summed E-state index contributed by atoms with van der Waals surface area (Å²) in [6.45, 7) is 0. The smallest absolute Gasteiger partial charge is 0.0893 e. The van der Waals surface area contributed by atoms with Crippen LogP contribution in [-0.2, 0) is 21.1 Å². The first-order valence-corrected chi connectivity index (χ1v) is 8.09. The third kappa shape index (κ3) is 8.89. The molecule has 0 heterocycles. The number of rotatable bonds is 0. The van der Waals surface area contributed by atoms with E-state index in [1.807, 2.05) is 0 Å². The summed E-state index contributed by atoms with van der Waals surface area (Å²) in [7, 11) is 0. The van der Waals surface area contributed by atoms with Gasteiger partial charge in [0.05, 0.1) is 58.2 Å². The van der Waals surface area contributed by atoms with Crippen molar-refractivity contribution in [2.45, 2.75) is 25.7 Å². The minimum absolute atomic E-state index is 0. The van der Waals surface area contributed by atoms with Crippen molar-refractivity contribution in [1.29, 1.82) is 0 Å². The predicted octanol–water partition coefficient (Wildman–Crippen LogP) is 6.84. The summed E-state index contributed by atoms with van der Waals surface area (Å²) in [5.41, 5.74) is 0. The quantitative estimate of drug-likeness (QED) is 0.0978. The second-order valence-corrected chi connectivity index (χ2v) is 5.39. The molecule has 0 atom stereocenters. The molecule has 0 bridgehead atoms. The maximum Gasteiger partial charge on any atom is 0.0893 e. The molecule has 0 aromatic heterocycles. The van der Waals surface area contributed by atoms with Crippen molar-refractivity contribution in [3.63, 3.8) is 0 Å². The van der Waals surface area contributed by atoms with Crippen LogP contribution in [0.5, 0.6) is 0 Å². The zero-order valence-electron chi connectivity index (χ0n) is 15.2. The molecule has 31 heavy (non-hydrogen) atoms. The van der Waals surface area contributed by atoms with E-state index in [4.69, 9.17) is 0 Å². The first-order chi connectivity index (χ1) is 14.1. The number of allylic oxidation sites excluding steroid dienone is 4. The average Bonchev–Trinajstić information content (AvgIpc) is 2.68. The summed E-state index contributed by atoms with van der Waals surface area (Å²) in [6.07, 6.45) is 14.5. The van der Waals surface area contributed by atoms with E-state index in [1.165, 1.54) is 19.3 Å². The van der Waals surface area contributed by atoms with Crippen molar-refractivity contribution in [2.24, 2.45) is 0 Å². The zero-order valence-corrected chi connectivity index (χ0v) is 17.4. The second kappa shape index (κ2) is 14.1. The summed E-state index contributed by atoms with van der Waals surface area (Å²) < 4.78 is 120. The van der Waals surface area contributed by atoms with E-state index < -0.39 is 58.2 Å². The van der Waals surface area contributed by atoms with Crippen molar-refractivity contribution in [2.75, 3.05) is 0 Å². The Labute approximate surface area is 185 Å². The van der Waals surface area contributed by atoms with Gasteiger partial charge in [-0.2, -0.15) is 6.42 Å². The van der Waals surface area contributed by atoms with Gasteiger partial charge in [0, 0.05) is 21.1 Å². The molecule has 0 fully saturated rings. The Morgan fingerprint density at radius 1 is 0.484 bits per heavy atom. The summed E-state index contributed by atoms with van der Waals surface area (Å²) in [5, 5.41) is 0. The van der Waals surface area contributed by atoms with Gasteiger partial charge in [0.15, 0.2) is 0 Å². The van der Waals surface area contributed by atoms with Gasteiger partial charge in [0.2, 0.25) is 0 Å². The van der Waals surface area contributed by atoms with Gasteiger partial charge in [0.1, 0.15) is 0 Å². The third-order valence-corrected chi connectivity index (χ3v) is 3.22. The van der Waals surface area contributed by atoms with Gasteiger partial charge in [0.25, 0.3) is 0 Å². The third-order valence-electron chi connectivity index (χ3n) is 3.22. The number of halogens is 10. The van der Waals surface area contributed by atoms with Crippen LogP contribution in [0.2, 0.25) is 0 Å². The van der Waals surface area contributed by atoms with Crippen molar-refractivity contribution >= 4 is 0 Å². The zero-order chi connectivity index (χ0) is 22.8. The van der Waals surface area contributed by atoms with Crippen molar-refractivity contribution in [3.8, 4) is 0 Å². The van der Waals surface area contributed by atoms with Gasteiger partial charge in [-0.3, -0.25) is 23.6 Å². The minimum atomic E-state index is -2.17. The fraction of sp³-hybridized carbons (Fsp3) is 0.200. The van der Waals surface area contributed by atoms with E-state index in [0.717, 1.165) is 18.6 Å². The molecule has 2 aromatic carbocycles. The largest absolute Gasteiger partial charge is 0.500 e. The van der Waals surface area contributed by atoms with E-state index in [0.29, 0.717) is 0 Å². The molecule has 0 nitrogen and oxygen atoms in total. The van der Waals surface area contributed by atoms with Crippen LogP contribution in [0.4, 0.5) is 43.9 Å². The van der Waals surface area contributed by atoms with Gasteiger partial charge in [-0.1, -0.05) is 25.0 Å². The van der Waals surface area contributed by atoms with E-state index >= 15 is 0 Å². The summed E-state index contributed by atoms with van der Waals surface area (Å²) in [4.78, 5) is 0. The molecule has 0 saturated heterocycles. The molecular weight excluding hydrogens is 625 g/mol. The summed E-state index contributed by atoms with van der Waals surface area (Å²) in [5.74, 6) is -20.1. The Hall–Kier alpha value is -2.09. The van der Waals surface area contributed by atoms with Crippen LogP contribution in [-0.4, -0.2) is 0 Å². The van der Waals surface area contributed by atoms with Crippen LogP contribution >= 0.6 is 0 Å². The van der Waals surface area contributed by atoms with Crippen LogP contribution in [0.3, 0.4) is 0 Å². The SMILES string of the molecule is Fc1[c-]c(F)c(F)c(F)c1F.Fc1[c-]c(F)c(F)c(F)c1F.[C-]1=CCCC=CCC1.[Pt]. The fourth-order valence-electron chi connectivity index (χ4n) is 1.78. The molecule has 0 aliphatic heterocycles. The minimum Gasteiger partial charge on any atom is -0.500 e. The molecule has 3 rings (SSSR count). The maximum atomic E-state index is 12.0. The number of hydrogen-bond donors (Lipinski definition) is 0. The van der Waals surface area contributed by atoms with Gasteiger partial charge < -0.3 is 6.08 Å². The Morgan fingerprint density at radius 2 is 0.839 bits per heavy atom. The predicted molar refractivity (Wildman–Crippen MR) is 85.6 cm³/mol. The maximum absolute atomic E-state index is 12.0. The molecule has 0 amide bonds. The molecule has 0 saturated carbocycles. The molecule has 174 valence electrons. The second-order valence-electron chi connectivity index (χ2n) is 5.39. The average molecular weight is 636 g/mol. The Kier molecular flexibility index (Phi) is 13.1. The van der Waals surface area contributed by atoms with Crippen molar-refractivity contribution in [3.05, 3.63) is 94.6 Å². The Bertz CT molecular complexity index is 785. The normalized spacial score (nSPS) is 12.5. The summed E-state index contributed by atoms with van der Waals surface area (Å²) in [6, 6.07) is 2.05. The van der Waals surface area contributed by atoms with Crippen molar-refractivity contribution < 1.29 is 65.0 Å². The Balaban J connectivity index is 0.000000434. The van der Waals surface area contributed by atoms with Crippen LogP contribution in [0.25, 0.3) is 0 Å². The number of benzene rings is 2. The van der Waals surface area contributed by atoms with Gasteiger partial charge in [-0.15, -0.1) is 12.1 Å². The number of hydrogen-bond acceptors (Lipinski definition) is 0. The van der Waals surface area contributed by atoms with E-state index in [9.17, 15) is 43.9 Å². The molecule has 0 N–H and O–H groups in total. The van der Waals surface area contributed by atoms with Crippen molar-refractivity contribution in [1.82, 2.24) is 0 Å². The van der Waals surface area contributed by atoms with Crippen LogP contribution in [0.1, 0.15) is 25.7 Å². The first kappa shape index (κ1) is 28.9. The molecule has 2 aromatic rings. The molecular formula is C20H11F10Pt-3. The Morgan fingerprint density at radius 3 is 1.23 bits per heavy atom. The van der Waals surface area contributed by atoms with Gasteiger partial charge in [-0.25, -0.2) is 26.3 Å². The topological polar surface area (TPSA) is 0 Å². The summed E-state index contributed by atoms with van der Waals surface area (Å²) >= 11 is 0. The van der Waals surface area contributed by atoms with Gasteiger partial charge in [-0.05, 0) is 6.42 Å². The molecule has 0 spiro atoms. The first-order valence-electron chi connectivity index (χ1n) is 8.09. The molecule has 1 aliphatic rings. The van der Waals surface area contributed by atoms with E-state index in [-0.39, 0.29) is 21.1 Å².